The van der Waals surface area contributed by atoms with E-state index in [1.165, 1.54) is 25.7 Å². The Labute approximate surface area is 247 Å². The van der Waals surface area contributed by atoms with Crippen LogP contribution in [0.4, 0.5) is 9.59 Å². The summed E-state index contributed by atoms with van der Waals surface area (Å²) in [5.74, 6) is 0.459. The van der Waals surface area contributed by atoms with Crippen molar-refractivity contribution in [2.75, 3.05) is 52.5 Å². The normalized spacial score (nSPS) is 20.5. The van der Waals surface area contributed by atoms with Crippen LogP contribution in [0.1, 0.15) is 120 Å². The molecule has 0 aromatic rings. The van der Waals surface area contributed by atoms with Gasteiger partial charge in [0.1, 0.15) is 0 Å². The van der Waals surface area contributed by atoms with Crippen LogP contribution >= 0.6 is 0 Å². The van der Waals surface area contributed by atoms with Gasteiger partial charge in [-0.3, -0.25) is 4.90 Å². The van der Waals surface area contributed by atoms with Gasteiger partial charge in [0.05, 0.1) is 12.7 Å². The molecule has 3 unspecified atom stereocenters. The SMILES string of the molecule is CCCCN(CCCC)CCNC(=O)N(CNC(=O)NCC)C1CC(C)(C)CC(C)C1N(CCCC)CCCC. The van der Waals surface area contributed by atoms with Crippen molar-refractivity contribution in [3.8, 4) is 0 Å². The van der Waals surface area contributed by atoms with Crippen LogP contribution in [0.5, 0.6) is 0 Å². The Morgan fingerprint density at radius 3 is 1.82 bits per heavy atom. The number of rotatable bonds is 20. The molecule has 0 heterocycles. The van der Waals surface area contributed by atoms with Crippen LogP contribution in [0.2, 0.25) is 0 Å². The summed E-state index contributed by atoms with van der Waals surface area (Å²) in [5.41, 5.74) is 0.128. The lowest BCUT2D eigenvalue weighted by molar-refractivity contribution is -0.0116. The Hall–Kier alpha value is -1.54. The molecule has 1 fully saturated rings. The van der Waals surface area contributed by atoms with E-state index in [0.717, 1.165) is 71.2 Å². The molecule has 0 spiro atoms. The van der Waals surface area contributed by atoms with E-state index >= 15 is 0 Å². The molecule has 0 aromatic heterocycles. The second kappa shape index (κ2) is 20.4. The van der Waals surface area contributed by atoms with E-state index in [0.29, 0.717) is 19.0 Å². The summed E-state index contributed by atoms with van der Waals surface area (Å²) in [7, 11) is 0. The lowest BCUT2D eigenvalue weighted by atomic mass is 9.67. The number of amides is 4. The summed E-state index contributed by atoms with van der Waals surface area (Å²) in [6.07, 6.45) is 11.5. The number of carbonyl (C=O) groups is 2. The van der Waals surface area contributed by atoms with Gasteiger partial charge in [0, 0.05) is 25.7 Å². The molecule has 236 valence electrons. The molecule has 0 aromatic carbocycles. The number of nitrogens with one attached hydrogen (secondary N) is 3. The molecule has 0 radical (unpaired) electrons. The fourth-order valence-electron chi connectivity index (χ4n) is 6.41. The van der Waals surface area contributed by atoms with Gasteiger partial charge in [0.2, 0.25) is 0 Å². The van der Waals surface area contributed by atoms with Crippen LogP contribution in [0.3, 0.4) is 0 Å². The number of hydrogen-bond acceptors (Lipinski definition) is 4. The first-order valence-electron chi connectivity index (χ1n) is 16.7. The van der Waals surface area contributed by atoms with Crippen LogP contribution in [0, 0.1) is 11.3 Å². The van der Waals surface area contributed by atoms with Gasteiger partial charge < -0.3 is 25.8 Å². The van der Waals surface area contributed by atoms with E-state index < -0.39 is 0 Å². The van der Waals surface area contributed by atoms with Crippen molar-refractivity contribution >= 4 is 12.1 Å². The summed E-state index contributed by atoms with van der Waals surface area (Å²) in [6, 6.07) is 0.0249. The van der Waals surface area contributed by atoms with Crippen molar-refractivity contribution < 1.29 is 9.59 Å². The largest absolute Gasteiger partial charge is 0.338 e. The average molecular weight is 567 g/mol. The molecule has 3 atom stereocenters. The zero-order valence-corrected chi connectivity index (χ0v) is 27.6. The van der Waals surface area contributed by atoms with Crippen LogP contribution in [0.25, 0.3) is 0 Å². The predicted molar refractivity (Wildman–Crippen MR) is 170 cm³/mol. The van der Waals surface area contributed by atoms with Gasteiger partial charge in [-0.1, -0.05) is 74.1 Å². The molecule has 3 N–H and O–H groups in total. The minimum absolute atomic E-state index is 0.0330. The molecule has 1 rings (SSSR count). The molecule has 0 aliphatic heterocycles. The maximum Gasteiger partial charge on any atom is 0.319 e. The highest BCUT2D eigenvalue weighted by molar-refractivity contribution is 5.77. The van der Waals surface area contributed by atoms with E-state index in [9.17, 15) is 9.59 Å². The molecule has 40 heavy (non-hydrogen) atoms. The van der Waals surface area contributed by atoms with E-state index in [-0.39, 0.29) is 36.2 Å². The molecule has 1 aliphatic rings. The Morgan fingerprint density at radius 1 is 0.750 bits per heavy atom. The third-order valence-corrected chi connectivity index (χ3v) is 8.40. The third kappa shape index (κ3) is 13.4. The molecule has 0 saturated heterocycles. The van der Waals surface area contributed by atoms with E-state index in [2.05, 4.69) is 74.2 Å². The Balaban J connectivity index is 3.21. The average Bonchev–Trinajstić information content (AvgIpc) is 2.90. The maximum absolute atomic E-state index is 13.9. The Kier molecular flexibility index (Phi) is 18.6. The molecular weight excluding hydrogens is 500 g/mol. The lowest BCUT2D eigenvalue weighted by Crippen LogP contribution is -2.64. The molecule has 1 saturated carbocycles. The number of carbonyl (C=O) groups excluding carboxylic acids is 2. The lowest BCUT2D eigenvalue weighted by Gasteiger charge is -2.52. The first-order valence-corrected chi connectivity index (χ1v) is 16.7. The van der Waals surface area contributed by atoms with Crippen molar-refractivity contribution in [3.63, 3.8) is 0 Å². The van der Waals surface area contributed by atoms with Gasteiger partial charge in [-0.2, -0.15) is 0 Å². The standard InChI is InChI=1S/C32H66N6O2/c1-9-14-19-36(20-15-10-2)23-18-34-31(40)38(26-35-30(39)33-13-5)28-25-32(7,8)24-27(6)29(28)37(21-16-11-3)22-17-12-4/h27-29H,9-26H2,1-8H3,(H,34,40)(H2,33,35,39). The van der Waals surface area contributed by atoms with Crippen molar-refractivity contribution in [3.05, 3.63) is 0 Å². The Bertz CT molecular complexity index is 672. The third-order valence-electron chi connectivity index (χ3n) is 8.40. The highest BCUT2D eigenvalue weighted by atomic mass is 16.2. The molecule has 8 heteroatoms. The highest BCUT2D eigenvalue weighted by Gasteiger charge is 2.45. The minimum Gasteiger partial charge on any atom is -0.338 e. The topological polar surface area (TPSA) is 80.0 Å². The fourth-order valence-corrected chi connectivity index (χ4v) is 6.41. The van der Waals surface area contributed by atoms with Crippen LogP contribution in [-0.2, 0) is 0 Å². The summed E-state index contributed by atoms with van der Waals surface area (Å²) < 4.78 is 0. The highest BCUT2D eigenvalue weighted by Crippen LogP contribution is 2.42. The van der Waals surface area contributed by atoms with Gasteiger partial charge in [-0.15, -0.1) is 0 Å². The zero-order chi connectivity index (χ0) is 30.0. The first kappa shape index (κ1) is 36.5. The van der Waals surface area contributed by atoms with Gasteiger partial charge in [-0.05, 0) is 83.0 Å². The van der Waals surface area contributed by atoms with E-state index in [1.54, 1.807) is 0 Å². The summed E-state index contributed by atoms with van der Waals surface area (Å²) in [5, 5.41) is 9.08. The number of urea groups is 2. The van der Waals surface area contributed by atoms with Crippen LogP contribution in [0.15, 0.2) is 0 Å². The predicted octanol–water partition coefficient (Wildman–Crippen LogP) is 6.27. The summed E-state index contributed by atoms with van der Waals surface area (Å²) >= 11 is 0. The van der Waals surface area contributed by atoms with Crippen molar-refractivity contribution in [1.29, 1.82) is 0 Å². The van der Waals surface area contributed by atoms with Crippen molar-refractivity contribution in [1.82, 2.24) is 30.7 Å². The number of unbranched alkanes of at least 4 members (excludes halogenated alkanes) is 4. The molecule has 1 aliphatic carbocycles. The Morgan fingerprint density at radius 2 is 1.30 bits per heavy atom. The van der Waals surface area contributed by atoms with Gasteiger partial charge in [0.25, 0.3) is 0 Å². The second-order valence-corrected chi connectivity index (χ2v) is 12.8. The summed E-state index contributed by atoms with van der Waals surface area (Å²) in [6.45, 7) is 24.4. The molecule has 0 bridgehead atoms. The molecular formula is C32H66N6O2. The number of nitrogens with zero attached hydrogens (tertiary/aromatic N) is 3. The fraction of sp³-hybridized carbons (Fsp3) is 0.938. The van der Waals surface area contributed by atoms with Crippen molar-refractivity contribution in [2.24, 2.45) is 11.3 Å². The quantitative estimate of drug-likeness (QED) is 0.152. The van der Waals surface area contributed by atoms with Crippen LogP contribution < -0.4 is 16.0 Å². The maximum atomic E-state index is 13.9. The number of hydrogen-bond donors (Lipinski definition) is 3. The van der Waals surface area contributed by atoms with E-state index in [1.807, 2.05) is 11.8 Å². The molecule has 8 nitrogen and oxygen atoms in total. The van der Waals surface area contributed by atoms with Gasteiger partial charge >= 0.3 is 12.1 Å². The van der Waals surface area contributed by atoms with Gasteiger partial charge in [0.15, 0.2) is 0 Å². The van der Waals surface area contributed by atoms with Crippen molar-refractivity contribution in [2.45, 2.75) is 132 Å². The molecule has 4 amide bonds. The second-order valence-electron chi connectivity index (χ2n) is 12.8. The minimum atomic E-state index is -0.223. The van der Waals surface area contributed by atoms with Crippen LogP contribution in [-0.4, -0.2) is 91.3 Å². The first-order chi connectivity index (χ1) is 19.1. The summed E-state index contributed by atoms with van der Waals surface area (Å²) in [4.78, 5) is 33.5. The smallest absolute Gasteiger partial charge is 0.319 e. The monoisotopic (exact) mass is 567 g/mol. The zero-order valence-electron chi connectivity index (χ0n) is 27.6. The van der Waals surface area contributed by atoms with Gasteiger partial charge in [-0.25, -0.2) is 9.59 Å². The van der Waals surface area contributed by atoms with E-state index in [4.69, 9.17) is 0 Å².